The number of nitro groups is 1. The van der Waals surface area contributed by atoms with Crippen LogP contribution >= 0.6 is 0 Å². The van der Waals surface area contributed by atoms with Crippen LogP contribution in [0.1, 0.15) is 20.8 Å². The highest BCUT2D eigenvalue weighted by Gasteiger charge is 2.18. The van der Waals surface area contributed by atoms with E-state index in [2.05, 4.69) is 6.07 Å². The third-order valence-corrected chi connectivity index (χ3v) is 2.90. The molecule has 0 N–H and O–H groups in total. The zero-order valence-electron chi connectivity index (χ0n) is 12.0. The van der Waals surface area contributed by atoms with Crippen molar-refractivity contribution in [3.8, 4) is 11.8 Å². The van der Waals surface area contributed by atoms with Crippen molar-refractivity contribution in [1.82, 2.24) is 0 Å². The molecule has 0 amide bonds. The van der Waals surface area contributed by atoms with E-state index in [-0.39, 0.29) is 17.4 Å². The lowest BCUT2D eigenvalue weighted by molar-refractivity contribution is -0.385. The first kappa shape index (κ1) is 15.8. The summed E-state index contributed by atoms with van der Waals surface area (Å²) in [7, 11) is 0. The van der Waals surface area contributed by atoms with Crippen molar-refractivity contribution in [3.63, 3.8) is 0 Å². The quantitative estimate of drug-likeness (QED) is 0.565. The van der Waals surface area contributed by atoms with Gasteiger partial charge in [0.05, 0.1) is 23.5 Å². The van der Waals surface area contributed by atoms with Gasteiger partial charge in [-0.3, -0.25) is 10.1 Å². The second kappa shape index (κ2) is 7.34. The fraction of sp³-hybridized carbons (Fsp3) is 0.500. The van der Waals surface area contributed by atoms with Gasteiger partial charge in [-0.2, -0.15) is 5.26 Å². The van der Waals surface area contributed by atoms with E-state index >= 15 is 0 Å². The molecule has 0 aliphatic rings. The fourth-order valence-corrected chi connectivity index (χ4v) is 1.91. The van der Waals surface area contributed by atoms with Crippen LogP contribution in [-0.2, 0) is 0 Å². The Balaban J connectivity index is 3.08. The van der Waals surface area contributed by atoms with Crippen LogP contribution in [0.5, 0.6) is 5.75 Å². The Morgan fingerprint density at radius 1 is 1.50 bits per heavy atom. The zero-order chi connectivity index (χ0) is 15.1. The van der Waals surface area contributed by atoms with Crippen LogP contribution in [-0.4, -0.2) is 24.6 Å². The Labute approximate surface area is 118 Å². The number of ether oxygens (including phenoxy) is 1. The summed E-state index contributed by atoms with van der Waals surface area (Å²) in [5.74, 6) is 0.152. The summed E-state index contributed by atoms with van der Waals surface area (Å²) in [6.07, 6.45) is 0. The second-order valence-corrected chi connectivity index (χ2v) is 4.41. The monoisotopic (exact) mass is 277 g/mol. The molecule has 108 valence electrons. The molecule has 0 spiro atoms. The molecule has 6 nitrogen and oxygen atoms in total. The van der Waals surface area contributed by atoms with E-state index in [9.17, 15) is 10.1 Å². The number of rotatable bonds is 7. The van der Waals surface area contributed by atoms with Crippen molar-refractivity contribution in [1.29, 1.82) is 5.26 Å². The normalized spacial score (nSPS) is 11.5. The maximum absolute atomic E-state index is 10.9. The van der Waals surface area contributed by atoms with Gasteiger partial charge >= 0.3 is 5.69 Å². The van der Waals surface area contributed by atoms with Gasteiger partial charge in [0.1, 0.15) is 0 Å². The lowest BCUT2D eigenvalue weighted by Gasteiger charge is -2.24. The molecule has 0 saturated carbocycles. The molecule has 1 aromatic rings. The van der Waals surface area contributed by atoms with E-state index in [0.717, 1.165) is 12.2 Å². The van der Waals surface area contributed by atoms with Crippen molar-refractivity contribution in [2.24, 2.45) is 5.92 Å². The number of nitro benzene ring substituents is 1. The maximum Gasteiger partial charge on any atom is 0.311 e. The van der Waals surface area contributed by atoms with E-state index in [4.69, 9.17) is 10.00 Å². The molecule has 1 rings (SSSR count). The number of benzene rings is 1. The summed E-state index contributed by atoms with van der Waals surface area (Å²) in [5, 5.41) is 19.8. The van der Waals surface area contributed by atoms with Crippen LogP contribution in [0.15, 0.2) is 18.2 Å². The molecule has 0 aromatic heterocycles. The van der Waals surface area contributed by atoms with Crippen LogP contribution in [0.3, 0.4) is 0 Å². The van der Waals surface area contributed by atoms with Crippen LogP contribution in [0.2, 0.25) is 0 Å². The average Bonchev–Trinajstić information content (AvgIpc) is 2.44. The van der Waals surface area contributed by atoms with Gasteiger partial charge < -0.3 is 9.64 Å². The van der Waals surface area contributed by atoms with Gasteiger partial charge in [-0.15, -0.1) is 0 Å². The zero-order valence-corrected chi connectivity index (χ0v) is 12.0. The lowest BCUT2D eigenvalue weighted by Crippen LogP contribution is -2.27. The molecule has 0 heterocycles. The molecule has 1 atom stereocenters. The summed E-state index contributed by atoms with van der Waals surface area (Å²) >= 11 is 0. The third kappa shape index (κ3) is 3.85. The second-order valence-electron chi connectivity index (χ2n) is 4.41. The molecular weight excluding hydrogens is 258 g/mol. The van der Waals surface area contributed by atoms with E-state index < -0.39 is 4.92 Å². The summed E-state index contributed by atoms with van der Waals surface area (Å²) < 4.78 is 5.33. The van der Waals surface area contributed by atoms with Crippen LogP contribution in [0.25, 0.3) is 0 Å². The minimum absolute atomic E-state index is 0.0417. The van der Waals surface area contributed by atoms with E-state index in [1.54, 1.807) is 19.1 Å². The van der Waals surface area contributed by atoms with Crippen molar-refractivity contribution >= 4 is 11.4 Å². The van der Waals surface area contributed by atoms with Crippen molar-refractivity contribution in [2.45, 2.75) is 20.8 Å². The fourth-order valence-electron chi connectivity index (χ4n) is 1.91. The van der Waals surface area contributed by atoms with E-state index in [1.165, 1.54) is 6.07 Å². The molecule has 0 saturated heterocycles. The molecule has 6 heteroatoms. The number of nitriles is 1. The maximum atomic E-state index is 10.9. The lowest BCUT2D eigenvalue weighted by atomic mass is 10.1. The van der Waals surface area contributed by atoms with E-state index in [1.807, 2.05) is 18.7 Å². The Morgan fingerprint density at radius 3 is 2.70 bits per heavy atom. The first-order valence-electron chi connectivity index (χ1n) is 6.59. The van der Waals surface area contributed by atoms with Gasteiger partial charge in [0.15, 0.2) is 5.75 Å². The van der Waals surface area contributed by atoms with Crippen molar-refractivity contribution < 1.29 is 9.66 Å². The number of nitrogens with zero attached hydrogens (tertiary/aromatic N) is 3. The minimum atomic E-state index is -0.455. The number of hydrogen-bond donors (Lipinski definition) is 0. The highest BCUT2D eigenvalue weighted by atomic mass is 16.6. The molecule has 20 heavy (non-hydrogen) atoms. The van der Waals surface area contributed by atoms with Gasteiger partial charge in [-0.1, -0.05) is 0 Å². The summed E-state index contributed by atoms with van der Waals surface area (Å²) in [6.45, 7) is 7.27. The predicted octanol–water partition coefficient (Wildman–Crippen LogP) is 2.98. The van der Waals surface area contributed by atoms with Crippen LogP contribution in [0, 0.1) is 27.4 Å². The molecule has 1 aromatic carbocycles. The topological polar surface area (TPSA) is 79.4 Å². The Kier molecular flexibility index (Phi) is 5.78. The predicted molar refractivity (Wildman–Crippen MR) is 76.9 cm³/mol. The van der Waals surface area contributed by atoms with Crippen LogP contribution < -0.4 is 9.64 Å². The molecular formula is C14H19N3O3. The molecule has 0 radical (unpaired) electrons. The number of anilines is 1. The van der Waals surface area contributed by atoms with Crippen LogP contribution in [0.4, 0.5) is 11.4 Å². The number of hydrogen-bond acceptors (Lipinski definition) is 5. The van der Waals surface area contributed by atoms with Crippen molar-refractivity contribution in [3.05, 3.63) is 28.3 Å². The van der Waals surface area contributed by atoms with Gasteiger partial charge in [0.25, 0.3) is 0 Å². The van der Waals surface area contributed by atoms with Crippen molar-refractivity contribution in [2.75, 3.05) is 24.6 Å². The summed E-state index contributed by atoms with van der Waals surface area (Å²) in [6, 6.07) is 6.98. The smallest absolute Gasteiger partial charge is 0.311 e. The molecule has 0 bridgehead atoms. The van der Waals surface area contributed by atoms with Gasteiger partial charge in [0.2, 0.25) is 0 Å². The van der Waals surface area contributed by atoms with E-state index in [0.29, 0.717) is 13.2 Å². The first-order chi connectivity index (χ1) is 9.53. The molecule has 0 fully saturated rings. The Bertz CT molecular complexity index is 511. The highest BCUT2D eigenvalue weighted by Crippen LogP contribution is 2.31. The summed E-state index contributed by atoms with van der Waals surface area (Å²) in [4.78, 5) is 12.5. The standard InChI is InChI=1S/C14H19N3O3/c1-4-16(10-11(3)9-15)12-6-7-13(17(18)19)14(8-12)20-5-2/h6-8,11H,4-5,10H2,1-3H3. The highest BCUT2D eigenvalue weighted by molar-refractivity contribution is 5.59. The molecule has 1 unspecified atom stereocenters. The first-order valence-corrected chi connectivity index (χ1v) is 6.59. The van der Waals surface area contributed by atoms with Gasteiger partial charge in [0, 0.05) is 30.9 Å². The SMILES string of the molecule is CCOc1cc(N(CC)CC(C)C#N)ccc1[N+](=O)[O-]. The molecule has 0 aliphatic carbocycles. The van der Waals surface area contributed by atoms with Gasteiger partial charge in [-0.05, 0) is 26.8 Å². The largest absolute Gasteiger partial charge is 0.487 e. The minimum Gasteiger partial charge on any atom is -0.487 e. The third-order valence-electron chi connectivity index (χ3n) is 2.90. The Hall–Kier alpha value is -2.29. The Morgan fingerprint density at radius 2 is 2.20 bits per heavy atom. The summed E-state index contributed by atoms with van der Waals surface area (Å²) in [5.41, 5.74) is 0.781. The average molecular weight is 277 g/mol. The molecule has 0 aliphatic heterocycles. The van der Waals surface area contributed by atoms with Gasteiger partial charge in [-0.25, -0.2) is 0 Å².